The van der Waals surface area contributed by atoms with Crippen LogP contribution in [0.4, 0.5) is 11.4 Å². The molecule has 1 nitrogen and oxygen atoms in total. The molecule has 1 heterocycles. The van der Waals surface area contributed by atoms with Crippen molar-refractivity contribution >= 4 is 75.2 Å². The zero-order valence-electron chi connectivity index (χ0n) is 17.3. The van der Waals surface area contributed by atoms with Crippen molar-refractivity contribution in [3.05, 3.63) is 109 Å². The van der Waals surface area contributed by atoms with E-state index in [-0.39, 0.29) is 0 Å². The van der Waals surface area contributed by atoms with Gasteiger partial charge in [0, 0.05) is 31.5 Å². The Bertz CT molecular complexity index is 1770. The maximum Gasteiger partial charge on any atom is 0.0391 e. The molecule has 0 atom stereocenters. The summed E-state index contributed by atoms with van der Waals surface area (Å²) in [7, 11) is 0. The summed E-state index contributed by atoms with van der Waals surface area (Å²) in [5.41, 5.74) is 2.22. The van der Waals surface area contributed by atoms with Crippen molar-refractivity contribution in [2.75, 3.05) is 5.32 Å². The van der Waals surface area contributed by atoms with Gasteiger partial charge in [-0.05, 0) is 68.7 Å². The molecule has 0 saturated carbocycles. The van der Waals surface area contributed by atoms with Crippen LogP contribution in [0.1, 0.15) is 0 Å². The molecule has 0 fully saturated rings. The standard InChI is InChI=1S/C30H19NS/c1-2-9-23-21(7-1)22-8-3-4-10-24(22)27-17-19(13-15-25(23)27)31-20-14-16-30-28(18-20)26-11-5-6-12-29(26)32-30/h1-18,31H. The Labute approximate surface area is 189 Å². The molecular weight excluding hydrogens is 406 g/mol. The second kappa shape index (κ2) is 6.81. The van der Waals surface area contributed by atoms with E-state index in [1.54, 1.807) is 0 Å². The van der Waals surface area contributed by atoms with E-state index in [1.807, 2.05) is 11.3 Å². The second-order valence-corrected chi connectivity index (χ2v) is 9.37. The minimum Gasteiger partial charge on any atom is -0.355 e. The average Bonchev–Trinajstić information content (AvgIpc) is 3.22. The molecule has 7 aromatic rings. The van der Waals surface area contributed by atoms with Gasteiger partial charge in [-0.15, -0.1) is 11.3 Å². The Hall–Kier alpha value is -3.88. The molecule has 0 amide bonds. The van der Waals surface area contributed by atoms with E-state index in [9.17, 15) is 0 Å². The van der Waals surface area contributed by atoms with Gasteiger partial charge in [-0.25, -0.2) is 0 Å². The highest BCUT2D eigenvalue weighted by Gasteiger charge is 2.10. The van der Waals surface area contributed by atoms with E-state index in [4.69, 9.17) is 0 Å². The summed E-state index contributed by atoms with van der Waals surface area (Å²) >= 11 is 1.85. The summed E-state index contributed by atoms with van der Waals surface area (Å²) in [5, 5.41) is 14.1. The highest BCUT2D eigenvalue weighted by atomic mass is 32.1. The Balaban J connectivity index is 1.41. The fourth-order valence-electron chi connectivity index (χ4n) is 4.96. The van der Waals surface area contributed by atoms with Crippen LogP contribution in [-0.2, 0) is 0 Å². The van der Waals surface area contributed by atoms with Crippen LogP contribution in [0, 0.1) is 0 Å². The molecule has 0 aliphatic carbocycles. The van der Waals surface area contributed by atoms with E-state index in [0.29, 0.717) is 0 Å². The van der Waals surface area contributed by atoms with Crippen molar-refractivity contribution < 1.29 is 0 Å². The van der Waals surface area contributed by atoms with E-state index in [0.717, 1.165) is 11.4 Å². The van der Waals surface area contributed by atoms with Crippen LogP contribution in [0.2, 0.25) is 0 Å². The van der Waals surface area contributed by atoms with E-state index in [1.165, 1.54) is 52.5 Å². The fraction of sp³-hybridized carbons (Fsp3) is 0. The summed E-state index contributed by atoms with van der Waals surface area (Å²) in [5.74, 6) is 0. The van der Waals surface area contributed by atoms with Crippen LogP contribution in [0.3, 0.4) is 0 Å². The molecule has 7 rings (SSSR count). The molecule has 2 heteroatoms. The van der Waals surface area contributed by atoms with Gasteiger partial charge in [-0.2, -0.15) is 0 Å². The first kappa shape index (κ1) is 17.8. The lowest BCUT2D eigenvalue weighted by Crippen LogP contribution is -1.91. The van der Waals surface area contributed by atoms with Gasteiger partial charge in [0.15, 0.2) is 0 Å². The first-order valence-electron chi connectivity index (χ1n) is 10.9. The van der Waals surface area contributed by atoms with E-state index in [2.05, 4.69) is 115 Å². The van der Waals surface area contributed by atoms with Gasteiger partial charge < -0.3 is 5.32 Å². The number of hydrogen-bond donors (Lipinski definition) is 1. The van der Waals surface area contributed by atoms with Gasteiger partial charge in [-0.1, -0.05) is 72.8 Å². The van der Waals surface area contributed by atoms with Crippen molar-refractivity contribution in [2.24, 2.45) is 0 Å². The smallest absolute Gasteiger partial charge is 0.0391 e. The maximum absolute atomic E-state index is 3.66. The minimum atomic E-state index is 1.11. The largest absolute Gasteiger partial charge is 0.355 e. The third-order valence-corrected chi connectivity index (χ3v) is 7.56. The molecule has 0 spiro atoms. The van der Waals surface area contributed by atoms with Crippen molar-refractivity contribution in [3.8, 4) is 0 Å². The van der Waals surface area contributed by atoms with Gasteiger partial charge >= 0.3 is 0 Å². The van der Waals surface area contributed by atoms with E-state index >= 15 is 0 Å². The normalized spacial score (nSPS) is 11.8. The molecular formula is C30H19NS. The highest BCUT2D eigenvalue weighted by molar-refractivity contribution is 7.25. The zero-order chi connectivity index (χ0) is 21.1. The maximum atomic E-state index is 3.66. The summed E-state index contributed by atoms with van der Waals surface area (Å²) in [4.78, 5) is 0. The van der Waals surface area contributed by atoms with Crippen LogP contribution in [0.5, 0.6) is 0 Å². The molecule has 1 N–H and O–H groups in total. The third kappa shape index (κ3) is 2.63. The molecule has 150 valence electrons. The lowest BCUT2D eigenvalue weighted by atomic mass is 9.94. The molecule has 32 heavy (non-hydrogen) atoms. The topological polar surface area (TPSA) is 12.0 Å². The lowest BCUT2D eigenvalue weighted by molar-refractivity contribution is 1.60. The number of benzene rings is 6. The first-order chi connectivity index (χ1) is 15.8. The molecule has 6 aromatic carbocycles. The molecule has 0 bridgehead atoms. The third-order valence-electron chi connectivity index (χ3n) is 6.41. The Morgan fingerprint density at radius 1 is 0.375 bits per heavy atom. The van der Waals surface area contributed by atoms with Crippen LogP contribution < -0.4 is 5.32 Å². The highest BCUT2D eigenvalue weighted by Crippen LogP contribution is 2.38. The minimum absolute atomic E-state index is 1.11. The van der Waals surface area contributed by atoms with Crippen molar-refractivity contribution in [1.29, 1.82) is 0 Å². The number of anilines is 2. The molecule has 0 saturated heterocycles. The average molecular weight is 426 g/mol. The van der Waals surface area contributed by atoms with Crippen LogP contribution in [0.15, 0.2) is 109 Å². The molecule has 0 radical (unpaired) electrons. The number of fused-ring (bicyclic) bond motifs is 9. The summed E-state index contributed by atoms with van der Waals surface area (Å²) in [6.07, 6.45) is 0. The Kier molecular flexibility index (Phi) is 3.78. The molecule has 1 aromatic heterocycles. The number of thiophene rings is 1. The predicted molar refractivity (Wildman–Crippen MR) is 142 cm³/mol. The Morgan fingerprint density at radius 3 is 1.53 bits per heavy atom. The second-order valence-electron chi connectivity index (χ2n) is 8.29. The number of nitrogens with one attached hydrogen (secondary N) is 1. The van der Waals surface area contributed by atoms with Gasteiger partial charge in [-0.3, -0.25) is 0 Å². The van der Waals surface area contributed by atoms with Crippen LogP contribution in [-0.4, -0.2) is 0 Å². The summed E-state index contributed by atoms with van der Waals surface area (Å²) < 4.78 is 2.66. The van der Waals surface area contributed by atoms with Gasteiger partial charge in [0.2, 0.25) is 0 Å². The summed E-state index contributed by atoms with van der Waals surface area (Å²) in [6.45, 7) is 0. The Morgan fingerprint density at radius 2 is 0.844 bits per heavy atom. The van der Waals surface area contributed by atoms with Crippen molar-refractivity contribution in [2.45, 2.75) is 0 Å². The molecule has 0 unspecified atom stereocenters. The van der Waals surface area contributed by atoms with E-state index < -0.39 is 0 Å². The summed E-state index contributed by atoms with van der Waals surface area (Å²) in [6, 6.07) is 39.5. The predicted octanol–water partition coefficient (Wildman–Crippen LogP) is 9.26. The number of rotatable bonds is 2. The van der Waals surface area contributed by atoms with Crippen molar-refractivity contribution in [1.82, 2.24) is 0 Å². The first-order valence-corrected chi connectivity index (χ1v) is 11.7. The van der Waals surface area contributed by atoms with Crippen molar-refractivity contribution in [3.63, 3.8) is 0 Å². The van der Waals surface area contributed by atoms with Gasteiger partial charge in [0.05, 0.1) is 0 Å². The quantitative estimate of drug-likeness (QED) is 0.272. The molecule has 0 aliphatic rings. The lowest BCUT2D eigenvalue weighted by Gasteiger charge is -2.13. The zero-order valence-corrected chi connectivity index (χ0v) is 18.1. The van der Waals surface area contributed by atoms with Gasteiger partial charge in [0.25, 0.3) is 0 Å². The fourth-order valence-corrected chi connectivity index (χ4v) is 6.04. The molecule has 0 aliphatic heterocycles. The van der Waals surface area contributed by atoms with Crippen LogP contribution in [0.25, 0.3) is 52.5 Å². The SMILES string of the molecule is c1ccc2c(c1)sc1ccc(Nc3ccc4c5ccccc5c5ccccc5c4c3)cc12. The number of hydrogen-bond acceptors (Lipinski definition) is 2. The van der Waals surface area contributed by atoms with Gasteiger partial charge in [0.1, 0.15) is 0 Å². The van der Waals surface area contributed by atoms with Crippen LogP contribution >= 0.6 is 11.3 Å². The monoisotopic (exact) mass is 425 g/mol.